The van der Waals surface area contributed by atoms with Crippen LogP contribution in [0, 0.1) is 0 Å². The molecule has 2 N–H and O–H groups in total. The summed E-state index contributed by atoms with van der Waals surface area (Å²) < 4.78 is 0. The molecule has 3 heteroatoms. The first-order chi connectivity index (χ1) is 8.88. The Kier molecular flexibility index (Phi) is 4.83. The molecule has 0 aromatic heterocycles. The van der Waals surface area contributed by atoms with Gasteiger partial charge < -0.3 is 5.73 Å². The summed E-state index contributed by atoms with van der Waals surface area (Å²) in [5, 5.41) is 7.92. The number of rotatable bonds is 1. The van der Waals surface area contributed by atoms with Crippen LogP contribution in [0.25, 0.3) is 32.3 Å². The Balaban J connectivity index is 0.000000735. The second-order valence-corrected chi connectivity index (χ2v) is 4.78. The summed E-state index contributed by atoms with van der Waals surface area (Å²) in [6.07, 6.45) is 0. The van der Waals surface area contributed by atoms with Crippen molar-refractivity contribution in [1.82, 2.24) is 0 Å². The van der Waals surface area contributed by atoms with E-state index in [-0.39, 0.29) is 50.2 Å². The van der Waals surface area contributed by atoms with E-state index in [0.29, 0.717) is 6.54 Å². The van der Waals surface area contributed by atoms with Crippen LogP contribution >= 0.6 is 24.0 Å². The molecule has 1 nitrogen and oxygen atoms in total. The van der Waals surface area contributed by atoms with Crippen molar-refractivity contribution in [3.63, 3.8) is 0 Å². The van der Waals surface area contributed by atoms with E-state index in [1.165, 1.54) is 37.9 Å². The van der Waals surface area contributed by atoms with Crippen molar-refractivity contribution < 1.29 is 0 Å². The zero-order chi connectivity index (χ0) is 12.1. The van der Waals surface area contributed by atoms with Crippen LogP contribution in [-0.4, -0.2) is 26.2 Å². The topological polar surface area (TPSA) is 26.0 Å². The zero-order valence-corrected chi connectivity index (χ0v) is 18.9. The first-order valence-corrected chi connectivity index (χ1v) is 6.24. The molecule has 0 heterocycles. The molecule has 0 unspecified atom stereocenters. The van der Waals surface area contributed by atoms with Gasteiger partial charge in [0.25, 0.3) is 0 Å². The fourth-order valence-electron chi connectivity index (χ4n) is 2.97. The molecular weight excluding hydrogens is 554 g/mol. The fraction of sp³-hybridized carbons (Fsp3) is 0.0588. The maximum atomic E-state index is 5.85. The van der Waals surface area contributed by atoms with Gasteiger partial charge in [-0.3, -0.25) is 0 Å². The average Bonchev–Trinajstić information content (AvgIpc) is 2.44. The predicted octanol–water partition coefficient (Wildman–Crippen LogP) is 3.48. The quantitative estimate of drug-likeness (QED) is 0.212. The van der Waals surface area contributed by atoms with E-state index in [0.717, 1.165) is 0 Å². The first kappa shape index (κ1) is 15.9. The molecule has 0 amide bonds. The van der Waals surface area contributed by atoms with E-state index >= 15 is 0 Å². The van der Waals surface area contributed by atoms with Gasteiger partial charge in [0.15, 0.2) is 0 Å². The zero-order valence-electron chi connectivity index (χ0n) is 11.1. The molecule has 0 bridgehead atoms. The van der Waals surface area contributed by atoms with Gasteiger partial charge >= 0.3 is 26.2 Å². The summed E-state index contributed by atoms with van der Waals surface area (Å²) in [7, 11) is 0. The Morgan fingerprint density at radius 3 is 1.90 bits per heavy atom. The van der Waals surface area contributed by atoms with Crippen molar-refractivity contribution in [2.75, 3.05) is 0 Å². The van der Waals surface area contributed by atoms with E-state index in [9.17, 15) is 0 Å². The van der Waals surface area contributed by atoms with Gasteiger partial charge in [0.2, 0.25) is 0 Å². The standard InChI is InChI=1S/C17H13N.Bi.HI.3H/c18-10-14-7-6-13-5-4-11-2-1-3-12-8-9-15(14)17(13)16(11)12;;;;;/h1-9H,10,18H2;;1H;;;. The van der Waals surface area contributed by atoms with Gasteiger partial charge in [-0.2, -0.15) is 0 Å². The van der Waals surface area contributed by atoms with Crippen LogP contribution in [0.2, 0.25) is 0 Å². The monoisotopic (exact) mass is 571 g/mol. The van der Waals surface area contributed by atoms with Crippen LogP contribution in [-0.2, 0) is 6.54 Å². The van der Waals surface area contributed by atoms with E-state index in [1.54, 1.807) is 0 Å². The molecule has 0 saturated carbocycles. The average molecular weight is 571 g/mol. The Morgan fingerprint density at radius 1 is 0.700 bits per heavy atom. The number of benzene rings is 4. The van der Waals surface area contributed by atoms with Crippen molar-refractivity contribution in [3.8, 4) is 0 Å². The van der Waals surface area contributed by atoms with Gasteiger partial charge in [0.05, 0.1) is 0 Å². The summed E-state index contributed by atoms with van der Waals surface area (Å²) >= 11 is 0. The normalized spacial score (nSPS) is 10.7. The minimum absolute atomic E-state index is 0. The van der Waals surface area contributed by atoms with Gasteiger partial charge in [0.1, 0.15) is 0 Å². The second kappa shape index (κ2) is 6.09. The fourth-order valence-corrected chi connectivity index (χ4v) is 2.97. The minimum atomic E-state index is 0. The summed E-state index contributed by atoms with van der Waals surface area (Å²) in [5.41, 5.74) is 7.07. The van der Waals surface area contributed by atoms with E-state index in [4.69, 9.17) is 5.73 Å². The third kappa shape index (κ3) is 2.20. The van der Waals surface area contributed by atoms with Crippen molar-refractivity contribution in [2.45, 2.75) is 6.54 Å². The molecule has 0 atom stereocenters. The molecule has 0 aliphatic carbocycles. The molecule has 102 valence electrons. The van der Waals surface area contributed by atoms with E-state index < -0.39 is 0 Å². The Morgan fingerprint density at radius 2 is 1.25 bits per heavy atom. The molecule has 20 heavy (non-hydrogen) atoms. The third-order valence-electron chi connectivity index (χ3n) is 3.84. The molecule has 0 spiro atoms. The van der Waals surface area contributed by atoms with Crippen LogP contribution in [0.4, 0.5) is 0 Å². The van der Waals surface area contributed by atoms with Gasteiger partial charge in [-0.1, -0.05) is 54.6 Å². The Labute approximate surface area is 154 Å². The second-order valence-electron chi connectivity index (χ2n) is 4.78. The van der Waals surface area contributed by atoms with Gasteiger partial charge in [-0.25, -0.2) is 0 Å². The van der Waals surface area contributed by atoms with Crippen LogP contribution < -0.4 is 5.73 Å². The molecule has 0 saturated heterocycles. The van der Waals surface area contributed by atoms with Crippen molar-refractivity contribution in [2.24, 2.45) is 5.73 Å². The van der Waals surface area contributed by atoms with Crippen LogP contribution in [0.15, 0.2) is 54.6 Å². The van der Waals surface area contributed by atoms with E-state index in [2.05, 4.69) is 54.6 Å². The predicted molar refractivity (Wildman–Crippen MR) is 103 cm³/mol. The molecular formula is C17H17BiIN. The summed E-state index contributed by atoms with van der Waals surface area (Å²) in [6, 6.07) is 19.6. The van der Waals surface area contributed by atoms with Gasteiger partial charge in [0, 0.05) is 6.54 Å². The molecule has 4 rings (SSSR count). The van der Waals surface area contributed by atoms with Crippen LogP contribution in [0.5, 0.6) is 0 Å². The first-order valence-electron chi connectivity index (χ1n) is 6.24. The molecule has 0 aliphatic heterocycles. The summed E-state index contributed by atoms with van der Waals surface area (Å²) in [6.45, 7) is 0.591. The van der Waals surface area contributed by atoms with Crippen LogP contribution in [0.1, 0.15) is 5.56 Å². The summed E-state index contributed by atoms with van der Waals surface area (Å²) in [5.74, 6) is 0. The number of nitrogens with two attached hydrogens (primary N) is 1. The number of halogens is 1. The Hall–Kier alpha value is -0.507. The molecule has 0 aliphatic rings. The molecule has 4 aromatic rings. The van der Waals surface area contributed by atoms with Crippen molar-refractivity contribution in [1.29, 1.82) is 0 Å². The third-order valence-corrected chi connectivity index (χ3v) is 3.84. The van der Waals surface area contributed by atoms with Gasteiger partial charge in [-0.05, 0) is 37.9 Å². The summed E-state index contributed by atoms with van der Waals surface area (Å²) in [4.78, 5) is 0. The maximum absolute atomic E-state index is 5.85. The van der Waals surface area contributed by atoms with Crippen molar-refractivity contribution >= 4 is 82.5 Å². The molecule has 0 radical (unpaired) electrons. The SMILES string of the molecule is I.NCc1ccc2ccc3cccc4ccc1c2c34.[BiH3]. The van der Waals surface area contributed by atoms with E-state index in [1.807, 2.05) is 0 Å². The van der Waals surface area contributed by atoms with Crippen LogP contribution in [0.3, 0.4) is 0 Å². The Bertz CT molecular complexity index is 857. The molecule has 0 fully saturated rings. The molecule has 4 aromatic carbocycles. The number of hydrogen-bond donors (Lipinski definition) is 1. The van der Waals surface area contributed by atoms with Gasteiger partial charge in [-0.15, -0.1) is 24.0 Å². The number of hydrogen-bond acceptors (Lipinski definition) is 1. The van der Waals surface area contributed by atoms with Crippen molar-refractivity contribution in [3.05, 3.63) is 60.2 Å².